The molecule has 0 bridgehead atoms. The van der Waals surface area contributed by atoms with E-state index in [1.807, 2.05) is 0 Å². The molecule has 42 heavy (non-hydrogen) atoms. The minimum Gasteiger partial charge on any atom is -0.507 e. The number of aryl methyl sites for hydroxylation is 2. The van der Waals surface area contributed by atoms with Gasteiger partial charge < -0.3 is 9.84 Å². The number of rotatable bonds is 17. The fourth-order valence-corrected chi connectivity index (χ4v) is 5.68. The first kappa shape index (κ1) is 33.5. The Morgan fingerprint density at radius 1 is 0.738 bits per heavy atom. The maximum absolute atomic E-state index is 11.5. The molecule has 0 radical (unpaired) electrons. The van der Waals surface area contributed by atoms with Gasteiger partial charge in [-0.15, -0.1) is 0 Å². The average molecular weight is 569 g/mol. The van der Waals surface area contributed by atoms with E-state index in [-0.39, 0.29) is 0 Å². The lowest BCUT2D eigenvalue weighted by molar-refractivity contribution is 0.316. The van der Waals surface area contributed by atoms with Gasteiger partial charge in [-0.1, -0.05) is 85.9 Å². The third-order valence-corrected chi connectivity index (χ3v) is 8.30. The van der Waals surface area contributed by atoms with Crippen LogP contribution in [0.3, 0.4) is 0 Å². The molecule has 2 nitrogen and oxygen atoms in total. The first-order chi connectivity index (χ1) is 20.2. The van der Waals surface area contributed by atoms with Crippen molar-refractivity contribution in [2.45, 2.75) is 119 Å². The van der Waals surface area contributed by atoms with Crippen LogP contribution < -0.4 is 4.74 Å². The Labute approximate surface area is 256 Å². The van der Waals surface area contributed by atoms with Gasteiger partial charge in [0.05, 0.1) is 6.61 Å². The van der Waals surface area contributed by atoms with Gasteiger partial charge in [-0.2, -0.15) is 0 Å². The molecule has 1 N–H and O–H groups in total. The molecule has 0 saturated carbocycles. The van der Waals surface area contributed by atoms with E-state index in [0.29, 0.717) is 12.4 Å². The van der Waals surface area contributed by atoms with E-state index in [4.69, 9.17) is 4.74 Å². The largest absolute Gasteiger partial charge is 0.507 e. The summed E-state index contributed by atoms with van der Waals surface area (Å²) in [5.41, 5.74) is 6.82. The van der Waals surface area contributed by atoms with Crippen LogP contribution in [0.1, 0.15) is 117 Å². The van der Waals surface area contributed by atoms with Crippen LogP contribution in [0, 0.1) is 5.92 Å². The van der Waals surface area contributed by atoms with E-state index >= 15 is 0 Å². The zero-order chi connectivity index (χ0) is 30.5. The fraction of sp³-hybridized carbons (Fsp3) is 0.500. The maximum atomic E-state index is 11.5. The molecule has 0 aliphatic carbocycles. The van der Waals surface area contributed by atoms with Gasteiger partial charge in [-0.3, -0.25) is 0 Å². The molecule has 0 fully saturated rings. The van der Waals surface area contributed by atoms with Crippen molar-refractivity contribution in [1.29, 1.82) is 0 Å². The summed E-state index contributed by atoms with van der Waals surface area (Å²) in [6, 6.07) is 13.1. The molecule has 0 aliphatic heterocycles. The lowest BCUT2D eigenvalue weighted by Gasteiger charge is -2.17. The van der Waals surface area contributed by atoms with Gasteiger partial charge in [0, 0.05) is 21.5 Å². The van der Waals surface area contributed by atoms with Gasteiger partial charge >= 0.3 is 0 Å². The lowest BCUT2D eigenvalue weighted by atomic mass is 9.94. The van der Waals surface area contributed by atoms with Gasteiger partial charge in [0.25, 0.3) is 0 Å². The number of hydrogen-bond acceptors (Lipinski definition) is 2. The van der Waals surface area contributed by atoms with Gasteiger partial charge in [0.15, 0.2) is 0 Å². The van der Waals surface area contributed by atoms with Crippen LogP contribution in [0.15, 0.2) is 71.3 Å². The Balaban J connectivity index is 1.81. The molecule has 0 heterocycles. The molecule has 1 atom stereocenters. The lowest BCUT2D eigenvalue weighted by Crippen LogP contribution is -2.00. The molecule has 1 unspecified atom stereocenters. The summed E-state index contributed by atoms with van der Waals surface area (Å²) in [6.45, 7) is 16.2. The molecule has 0 saturated heterocycles. The molecule has 0 aliphatic rings. The number of unbranched alkanes of at least 4 members (excludes halogenated alkanes) is 1. The summed E-state index contributed by atoms with van der Waals surface area (Å²) >= 11 is 0. The van der Waals surface area contributed by atoms with E-state index in [9.17, 15) is 5.11 Å². The highest BCUT2D eigenvalue weighted by molar-refractivity contribution is 6.11. The van der Waals surface area contributed by atoms with Crippen molar-refractivity contribution in [2.75, 3.05) is 6.61 Å². The quantitative estimate of drug-likeness (QED) is 0.0997. The summed E-state index contributed by atoms with van der Waals surface area (Å²) in [5.74, 6) is 2.03. The first-order valence-electron chi connectivity index (χ1n) is 16.4. The van der Waals surface area contributed by atoms with Crippen molar-refractivity contribution in [3.05, 3.63) is 82.5 Å². The highest BCUT2D eigenvalue weighted by Crippen LogP contribution is 2.43. The smallest absolute Gasteiger partial charge is 0.135 e. The number of ether oxygens (including phenoxy) is 1. The highest BCUT2D eigenvalue weighted by Gasteiger charge is 2.16. The van der Waals surface area contributed by atoms with Crippen LogP contribution in [0.5, 0.6) is 11.5 Å². The zero-order valence-electron chi connectivity index (χ0n) is 27.6. The van der Waals surface area contributed by atoms with Crippen LogP contribution in [-0.4, -0.2) is 11.7 Å². The number of hydrogen-bond donors (Lipinski definition) is 1. The predicted molar refractivity (Wildman–Crippen MR) is 185 cm³/mol. The van der Waals surface area contributed by atoms with Crippen LogP contribution in [0.2, 0.25) is 0 Å². The van der Waals surface area contributed by atoms with Crippen LogP contribution in [0.4, 0.5) is 0 Å². The summed E-state index contributed by atoms with van der Waals surface area (Å²) in [4.78, 5) is 0. The SMILES string of the molecule is CCCCOc1c2ccc(CC/C=C(\C)CCC=C(C)C)cc2c(O)c2ccc(CCCC(C)CCC=C(C)C)cc12. The second-order valence-electron chi connectivity index (χ2n) is 12.9. The van der Waals surface area contributed by atoms with E-state index < -0.39 is 0 Å². The molecule has 228 valence electrons. The molecule has 3 rings (SSSR count). The molecule has 3 aromatic carbocycles. The third-order valence-electron chi connectivity index (χ3n) is 8.30. The fourth-order valence-electron chi connectivity index (χ4n) is 5.68. The van der Waals surface area contributed by atoms with Gasteiger partial charge in [-0.05, 0) is 122 Å². The number of fused-ring (bicyclic) bond motifs is 2. The number of phenolic OH excluding ortho intramolecular Hbond substituents is 1. The van der Waals surface area contributed by atoms with E-state index in [1.165, 1.54) is 53.5 Å². The van der Waals surface area contributed by atoms with Crippen LogP contribution in [-0.2, 0) is 12.8 Å². The number of phenols is 1. The summed E-state index contributed by atoms with van der Waals surface area (Å²) < 4.78 is 6.47. The minimum atomic E-state index is 0.373. The Bertz CT molecular complexity index is 1380. The first-order valence-corrected chi connectivity index (χ1v) is 16.4. The van der Waals surface area contributed by atoms with E-state index in [0.717, 1.165) is 78.2 Å². The van der Waals surface area contributed by atoms with Crippen molar-refractivity contribution in [2.24, 2.45) is 5.92 Å². The average Bonchev–Trinajstić information content (AvgIpc) is 2.94. The summed E-state index contributed by atoms with van der Waals surface area (Å²) in [6.07, 6.45) is 19.3. The Morgan fingerprint density at radius 2 is 1.40 bits per heavy atom. The van der Waals surface area contributed by atoms with Crippen LogP contribution in [0.25, 0.3) is 21.5 Å². The van der Waals surface area contributed by atoms with Gasteiger partial charge in [0.1, 0.15) is 11.5 Å². The normalized spacial score (nSPS) is 12.5. The maximum Gasteiger partial charge on any atom is 0.135 e. The third kappa shape index (κ3) is 10.4. The van der Waals surface area contributed by atoms with E-state index in [2.05, 4.69) is 103 Å². The monoisotopic (exact) mass is 568 g/mol. The molecule has 0 amide bonds. The van der Waals surface area contributed by atoms with E-state index in [1.54, 1.807) is 0 Å². The molecule has 3 aromatic rings. The van der Waals surface area contributed by atoms with Crippen molar-refractivity contribution >= 4 is 21.5 Å². The summed E-state index contributed by atoms with van der Waals surface area (Å²) in [7, 11) is 0. The van der Waals surface area contributed by atoms with Crippen molar-refractivity contribution in [3.8, 4) is 11.5 Å². The van der Waals surface area contributed by atoms with Crippen LogP contribution >= 0.6 is 0 Å². The van der Waals surface area contributed by atoms with Crippen molar-refractivity contribution < 1.29 is 9.84 Å². The predicted octanol–water partition coefficient (Wildman–Crippen LogP) is 12.2. The Hall–Kier alpha value is -3.00. The van der Waals surface area contributed by atoms with Gasteiger partial charge in [-0.25, -0.2) is 0 Å². The topological polar surface area (TPSA) is 29.5 Å². The molecule has 0 aromatic heterocycles. The standard InChI is InChI=1S/C40H56O2/c1-8-9-26-42-40-36-25-23-33(20-12-18-31(6)16-10-14-29(2)3)27-37(36)39(41)35-24-22-34(28-38(35)40)21-13-19-32(7)17-11-15-30(4)5/h14-15,18,22-25,27-28,32,41H,8-13,16-17,19-21,26H2,1-7H3/b31-18+. The molecule has 2 heteroatoms. The molecule has 0 spiro atoms. The number of aromatic hydroxyl groups is 1. The highest BCUT2D eigenvalue weighted by atomic mass is 16.5. The summed E-state index contributed by atoms with van der Waals surface area (Å²) in [5, 5.41) is 15.3. The Kier molecular flexibility index (Phi) is 13.7. The second kappa shape index (κ2) is 17.2. The Morgan fingerprint density at radius 3 is 2.12 bits per heavy atom. The molecular weight excluding hydrogens is 512 g/mol. The molecular formula is C40H56O2. The number of benzene rings is 3. The second-order valence-corrected chi connectivity index (χ2v) is 12.9. The minimum absolute atomic E-state index is 0.373. The van der Waals surface area contributed by atoms with Crippen molar-refractivity contribution in [1.82, 2.24) is 0 Å². The zero-order valence-corrected chi connectivity index (χ0v) is 27.6. The van der Waals surface area contributed by atoms with Crippen molar-refractivity contribution in [3.63, 3.8) is 0 Å². The van der Waals surface area contributed by atoms with Gasteiger partial charge in [0.2, 0.25) is 0 Å². The number of allylic oxidation sites excluding steroid dienone is 6.